The molecule has 28 heavy (non-hydrogen) atoms. The van der Waals surface area contributed by atoms with E-state index in [0.29, 0.717) is 32.2 Å². The summed E-state index contributed by atoms with van der Waals surface area (Å²) in [6.45, 7) is 3.60. The molecule has 3 heterocycles. The predicted molar refractivity (Wildman–Crippen MR) is 103 cm³/mol. The maximum Gasteiger partial charge on any atom is 0.248 e. The van der Waals surface area contributed by atoms with Crippen molar-refractivity contribution >= 4 is 17.8 Å². The van der Waals surface area contributed by atoms with Crippen LogP contribution in [0.2, 0.25) is 0 Å². The summed E-state index contributed by atoms with van der Waals surface area (Å²) >= 11 is 0. The Kier molecular flexibility index (Phi) is 7.16. The van der Waals surface area contributed by atoms with Crippen LogP contribution in [-0.2, 0) is 19.1 Å². The van der Waals surface area contributed by atoms with Gasteiger partial charge in [0.1, 0.15) is 6.61 Å². The summed E-state index contributed by atoms with van der Waals surface area (Å²) in [5.74, 6) is -0.0356. The topological polar surface area (TPSA) is 96.9 Å². The normalized spacial score (nSPS) is 21.9. The summed E-state index contributed by atoms with van der Waals surface area (Å²) in [6, 6.07) is 1.85. The van der Waals surface area contributed by atoms with Crippen LogP contribution in [0, 0.1) is 5.92 Å². The zero-order chi connectivity index (χ0) is 19.9. The lowest BCUT2D eigenvalue weighted by atomic mass is 9.92. The van der Waals surface area contributed by atoms with Gasteiger partial charge < -0.3 is 24.6 Å². The molecule has 9 nitrogen and oxygen atoms in total. The number of likely N-dealkylation sites (tertiary alicyclic amines) is 1. The summed E-state index contributed by atoms with van der Waals surface area (Å²) in [5.41, 5.74) is 0.802. The van der Waals surface area contributed by atoms with Crippen molar-refractivity contribution in [2.75, 3.05) is 65.1 Å². The van der Waals surface area contributed by atoms with Gasteiger partial charge in [0.2, 0.25) is 17.8 Å². The fourth-order valence-corrected chi connectivity index (χ4v) is 3.83. The Morgan fingerprint density at radius 1 is 1.21 bits per heavy atom. The van der Waals surface area contributed by atoms with E-state index in [9.17, 15) is 9.59 Å². The predicted octanol–water partition coefficient (Wildman–Crippen LogP) is 0.0278. The average molecular weight is 391 g/mol. The van der Waals surface area contributed by atoms with Crippen LogP contribution >= 0.6 is 0 Å². The highest BCUT2D eigenvalue weighted by atomic mass is 16.5. The molecule has 154 valence electrons. The number of rotatable bonds is 8. The SMILES string of the molecule is COCCNC(=O)[C@H]1CN(C(=O)COC)C[C@@H]1c1ccnc(N2CCCC2)n1. The van der Waals surface area contributed by atoms with Crippen molar-refractivity contribution in [3.63, 3.8) is 0 Å². The number of anilines is 1. The van der Waals surface area contributed by atoms with Crippen LogP contribution in [-0.4, -0.2) is 86.8 Å². The molecular weight excluding hydrogens is 362 g/mol. The third kappa shape index (κ3) is 4.77. The van der Waals surface area contributed by atoms with Gasteiger partial charge in [-0.1, -0.05) is 0 Å². The summed E-state index contributed by atoms with van der Waals surface area (Å²) in [5, 5.41) is 2.90. The average Bonchev–Trinajstić information content (AvgIpc) is 3.39. The number of aromatic nitrogens is 2. The molecule has 0 bridgehead atoms. The number of hydrogen-bond acceptors (Lipinski definition) is 7. The Hall–Kier alpha value is -2.26. The Labute approximate surface area is 165 Å². The Morgan fingerprint density at radius 2 is 2.00 bits per heavy atom. The summed E-state index contributed by atoms with van der Waals surface area (Å²) in [7, 11) is 3.09. The zero-order valence-electron chi connectivity index (χ0n) is 16.6. The molecule has 0 spiro atoms. The standard InChI is InChI=1S/C19H29N5O4/c1-27-10-7-20-18(26)15-12-24(17(25)13-28-2)11-14(15)16-5-6-21-19(22-16)23-8-3-4-9-23/h5-6,14-15H,3-4,7-13H2,1-2H3,(H,20,26)/t14-,15-/m0/s1. The first-order chi connectivity index (χ1) is 13.6. The fourth-order valence-electron chi connectivity index (χ4n) is 3.83. The summed E-state index contributed by atoms with van der Waals surface area (Å²) < 4.78 is 9.99. The number of carbonyl (C=O) groups excluding carboxylic acids is 2. The van der Waals surface area contributed by atoms with Gasteiger partial charge in [-0.3, -0.25) is 9.59 Å². The van der Waals surface area contributed by atoms with Gasteiger partial charge >= 0.3 is 0 Å². The second kappa shape index (κ2) is 9.79. The van der Waals surface area contributed by atoms with Crippen molar-refractivity contribution < 1.29 is 19.1 Å². The number of nitrogens with one attached hydrogen (secondary N) is 1. The van der Waals surface area contributed by atoms with E-state index in [-0.39, 0.29) is 30.3 Å². The molecule has 0 radical (unpaired) electrons. The van der Waals surface area contributed by atoms with E-state index < -0.39 is 0 Å². The molecule has 0 unspecified atom stereocenters. The molecule has 2 atom stereocenters. The first kappa shape index (κ1) is 20.5. The van der Waals surface area contributed by atoms with Crippen LogP contribution in [0.1, 0.15) is 24.5 Å². The van der Waals surface area contributed by atoms with Crippen LogP contribution < -0.4 is 10.2 Å². The molecular formula is C19H29N5O4. The highest BCUT2D eigenvalue weighted by Crippen LogP contribution is 2.33. The lowest BCUT2D eigenvalue weighted by Gasteiger charge is -2.20. The molecule has 2 aliphatic rings. The number of hydrogen-bond donors (Lipinski definition) is 1. The highest BCUT2D eigenvalue weighted by molar-refractivity contribution is 5.83. The van der Waals surface area contributed by atoms with Crippen LogP contribution in [0.4, 0.5) is 5.95 Å². The zero-order valence-corrected chi connectivity index (χ0v) is 16.6. The van der Waals surface area contributed by atoms with Crippen molar-refractivity contribution in [1.82, 2.24) is 20.2 Å². The largest absolute Gasteiger partial charge is 0.383 e. The Balaban J connectivity index is 1.79. The van der Waals surface area contributed by atoms with Crippen LogP contribution in [0.15, 0.2) is 12.3 Å². The molecule has 1 N–H and O–H groups in total. The van der Waals surface area contributed by atoms with E-state index in [4.69, 9.17) is 14.5 Å². The van der Waals surface area contributed by atoms with Gasteiger partial charge in [0, 0.05) is 59.1 Å². The van der Waals surface area contributed by atoms with Gasteiger partial charge in [-0.05, 0) is 18.9 Å². The molecule has 2 fully saturated rings. The molecule has 0 aliphatic carbocycles. The maximum absolute atomic E-state index is 12.8. The first-order valence-electron chi connectivity index (χ1n) is 9.75. The number of nitrogens with zero attached hydrogens (tertiary/aromatic N) is 4. The number of methoxy groups -OCH3 is 2. The maximum atomic E-state index is 12.8. The second-order valence-corrected chi connectivity index (χ2v) is 7.20. The molecule has 9 heteroatoms. The van der Waals surface area contributed by atoms with Crippen molar-refractivity contribution in [2.24, 2.45) is 5.92 Å². The van der Waals surface area contributed by atoms with Gasteiger partial charge in [0.05, 0.1) is 18.2 Å². The van der Waals surface area contributed by atoms with E-state index in [0.717, 1.165) is 31.6 Å². The molecule has 3 rings (SSSR count). The number of carbonyl (C=O) groups is 2. The molecule has 2 saturated heterocycles. The van der Waals surface area contributed by atoms with E-state index in [1.807, 2.05) is 6.07 Å². The van der Waals surface area contributed by atoms with E-state index in [2.05, 4.69) is 15.2 Å². The summed E-state index contributed by atoms with van der Waals surface area (Å²) in [6.07, 6.45) is 4.02. The van der Waals surface area contributed by atoms with E-state index in [1.165, 1.54) is 7.11 Å². The third-order valence-corrected chi connectivity index (χ3v) is 5.32. The van der Waals surface area contributed by atoms with Crippen molar-refractivity contribution in [2.45, 2.75) is 18.8 Å². The van der Waals surface area contributed by atoms with E-state index >= 15 is 0 Å². The lowest BCUT2D eigenvalue weighted by molar-refractivity contribution is -0.134. The van der Waals surface area contributed by atoms with Crippen LogP contribution in [0.3, 0.4) is 0 Å². The van der Waals surface area contributed by atoms with Crippen molar-refractivity contribution in [3.05, 3.63) is 18.0 Å². The molecule has 1 aromatic rings. The van der Waals surface area contributed by atoms with E-state index in [1.54, 1.807) is 18.2 Å². The Bertz CT molecular complexity index is 680. The number of amides is 2. The van der Waals surface area contributed by atoms with Gasteiger partial charge in [0.15, 0.2) is 0 Å². The van der Waals surface area contributed by atoms with Crippen LogP contribution in [0.5, 0.6) is 0 Å². The third-order valence-electron chi connectivity index (χ3n) is 5.32. The quantitative estimate of drug-likeness (QED) is 0.625. The fraction of sp³-hybridized carbons (Fsp3) is 0.684. The van der Waals surface area contributed by atoms with Gasteiger partial charge in [-0.15, -0.1) is 0 Å². The smallest absolute Gasteiger partial charge is 0.248 e. The Morgan fingerprint density at radius 3 is 2.71 bits per heavy atom. The molecule has 1 aromatic heterocycles. The second-order valence-electron chi connectivity index (χ2n) is 7.20. The van der Waals surface area contributed by atoms with Gasteiger partial charge in [-0.25, -0.2) is 9.97 Å². The van der Waals surface area contributed by atoms with Crippen molar-refractivity contribution in [3.8, 4) is 0 Å². The van der Waals surface area contributed by atoms with Crippen LogP contribution in [0.25, 0.3) is 0 Å². The molecule has 2 aliphatic heterocycles. The minimum absolute atomic E-state index is 0.00748. The van der Waals surface area contributed by atoms with Gasteiger partial charge in [-0.2, -0.15) is 0 Å². The monoisotopic (exact) mass is 391 g/mol. The minimum atomic E-state index is -0.362. The summed E-state index contributed by atoms with van der Waals surface area (Å²) in [4.78, 5) is 38.1. The molecule has 0 aromatic carbocycles. The molecule has 0 saturated carbocycles. The number of ether oxygens (including phenoxy) is 2. The molecule has 2 amide bonds. The van der Waals surface area contributed by atoms with Gasteiger partial charge in [0.25, 0.3) is 0 Å². The lowest BCUT2D eigenvalue weighted by Crippen LogP contribution is -2.37. The first-order valence-corrected chi connectivity index (χ1v) is 9.75. The minimum Gasteiger partial charge on any atom is -0.383 e. The highest BCUT2D eigenvalue weighted by Gasteiger charge is 2.41. The van der Waals surface area contributed by atoms with Crippen molar-refractivity contribution in [1.29, 1.82) is 0 Å².